The minimum absolute atomic E-state index is 0.172. The fourth-order valence-corrected chi connectivity index (χ4v) is 5.79. The van der Waals surface area contributed by atoms with Gasteiger partial charge >= 0.3 is 0 Å². The van der Waals surface area contributed by atoms with Crippen molar-refractivity contribution >= 4 is 92.1 Å². The Hall–Kier alpha value is -3.19. The Labute approximate surface area is 261 Å². The lowest BCUT2D eigenvalue weighted by Gasteiger charge is -2.26. The summed E-state index contributed by atoms with van der Waals surface area (Å²) >= 11 is 31.5. The third-order valence-corrected chi connectivity index (χ3v) is 7.63. The van der Waals surface area contributed by atoms with Crippen molar-refractivity contribution in [2.75, 3.05) is 10.6 Å². The molecule has 1 heterocycles. The van der Waals surface area contributed by atoms with Crippen molar-refractivity contribution in [2.45, 2.75) is 17.2 Å². The monoisotopic (exact) mass is 643 g/mol. The van der Waals surface area contributed by atoms with Crippen molar-refractivity contribution < 1.29 is 9.59 Å². The molecular formula is C31H22Cl5N3O2. The molecule has 2 amide bonds. The van der Waals surface area contributed by atoms with Gasteiger partial charge in [0.15, 0.2) is 0 Å². The van der Waals surface area contributed by atoms with Crippen molar-refractivity contribution in [3.05, 3.63) is 117 Å². The molecule has 0 saturated carbocycles. The van der Waals surface area contributed by atoms with E-state index in [1.807, 2.05) is 48.5 Å². The van der Waals surface area contributed by atoms with E-state index in [2.05, 4.69) is 15.6 Å². The predicted molar refractivity (Wildman–Crippen MR) is 171 cm³/mol. The van der Waals surface area contributed by atoms with Gasteiger partial charge in [-0.25, -0.2) is 0 Å². The zero-order valence-electron chi connectivity index (χ0n) is 21.4. The van der Waals surface area contributed by atoms with Crippen LogP contribution < -0.4 is 10.6 Å². The number of nitrogens with one attached hydrogen (secondary N) is 3. The molecule has 10 heteroatoms. The van der Waals surface area contributed by atoms with Crippen LogP contribution in [-0.2, 0) is 4.79 Å². The van der Waals surface area contributed by atoms with Crippen LogP contribution in [0, 0.1) is 0 Å². The largest absolute Gasteiger partial charge is 0.355 e. The van der Waals surface area contributed by atoms with Crippen molar-refractivity contribution in [3.63, 3.8) is 0 Å². The van der Waals surface area contributed by atoms with E-state index in [4.69, 9.17) is 58.0 Å². The van der Waals surface area contributed by atoms with E-state index in [1.54, 1.807) is 30.3 Å². The summed E-state index contributed by atoms with van der Waals surface area (Å²) in [5.74, 6) is -1.98. The van der Waals surface area contributed by atoms with E-state index in [-0.39, 0.29) is 10.6 Å². The minimum Gasteiger partial charge on any atom is -0.355 e. The van der Waals surface area contributed by atoms with Crippen LogP contribution in [-0.4, -0.2) is 21.1 Å². The molecule has 5 nitrogen and oxygen atoms in total. The molecule has 1 aromatic heterocycles. The normalized spacial score (nSPS) is 12.2. The van der Waals surface area contributed by atoms with Crippen LogP contribution in [0.4, 0.5) is 11.4 Å². The first kappa shape index (κ1) is 29.3. The molecule has 0 aliphatic rings. The molecule has 0 aliphatic carbocycles. The van der Waals surface area contributed by atoms with E-state index in [1.165, 1.54) is 19.1 Å². The SMILES string of the molecule is CC(Cl)(Cl)C(C(=O)Nc1ccc(Cl)c(C(=O)Nc2ccc3[nH]c(-c4ccccc4)cc3c2)c1)c1cc(Cl)cc(Cl)c1. The average molecular weight is 646 g/mol. The molecule has 4 aromatic carbocycles. The highest BCUT2D eigenvalue weighted by Crippen LogP contribution is 2.40. The van der Waals surface area contributed by atoms with Crippen LogP contribution >= 0.6 is 58.0 Å². The topological polar surface area (TPSA) is 74.0 Å². The summed E-state index contributed by atoms with van der Waals surface area (Å²) in [7, 11) is 0. The first-order valence-electron chi connectivity index (χ1n) is 12.4. The van der Waals surface area contributed by atoms with Gasteiger partial charge in [0.25, 0.3) is 5.91 Å². The van der Waals surface area contributed by atoms with Gasteiger partial charge in [0.1, 0.15) is 4.33 Å². The molecule has 3 N–H and O–H groups in total. The Morgan fingerprint density at radius 3 is 2.12 bits per heavy atom. The second kappa shape index (κ2) is 12.0. The second-order valence-electron chi connectivity index (χ2n) is 9.58. The molecule has 5 aromatic rings. The van der Waals surface area contributed by atoms with Gasteiger partial charge in [0, 0.05) is 38.0 Å². The second-order valence-corrected chi connectivity index (χ2v) is 12.6. The number of anilines is 2. The minimum atomic E-state index is -1.50. The maximum Gasteiger partial charge on any atom is 0.257 e. The summed E-state index contributed by atoms with van der Waals surface area (Å²) in [5.41, 5.74) is 4.49. The van der Waals surface area contributed by atoms with E-state index in [0.717, 1.165) is 22.2 Å². The van der Waals surface area contributed by atoms with Crippen LogP contribution in [0.3, 0.4) is 0 Å². The quantitative estimate of drug-likeness (QED) is 0.154. The molecule has 0 fully saturated rings. The molecule has 0 bridgehead atoms. The molecule has 208 valence electrons. The lowest BCUT2D eigenvalue weighted by atomic mass is 9.94. The van der Waals surface area contributed by atoms with Gasteiger partial charge in [-0.3, -0.25) is 9.59 Å². The number of aromatic nitrogens is 1. The molecule has 1 atom stereocenters. The van der Waals surface area contributed by atoms with Gasteiger partial charge in [0.2, 0.25) is 5.91 Å². The Bertz CT molecular complexity index is 1740. The van der Waals surface area contributed by atoms with Crippen molar-refractivity contribution in [2.24, 2.45) is 0 Å². The van der Waals surface area contributed by atoms with Crippen LogP contribution in [0.15, 0.2) is 91.0 Å². The summed E-state index contributed by atoms with van der Waals surface area (Å²) in [6.07, 6.45) is 0. The third-order valence-electron chi connectivity index (χ3n) is 6.43. The lowest BCUT2D eigenvalue weighted by molar-refractivity contribution is -0.117. The number of H-pyrrole nitrogens is 1. The number of amides is 2. The standard InChI is InChI=1S/C31H22Cl5N3O2/c1-31(35,36)28(19-11-20(32)15-21(33)12-19)30(41)38-23-7-9-25(34)24(16-23)29(40)37-22-8-10-26-18(13-22)14-27(39-26)17-5-3-2-4-6-17/h2-16,28,39H,1H3,(H,37,40)(H,38,41). The number of benzene rings is 4. The first-order chi connectivity index (χ1) is 19.5. The van der Waals surface area contributed by atoms with E-state index >= 15 is 0 Å². The number of alkyl halides is 2. The molecule has 0 aliphatic heterocycles. The van der Waals surface area contributed by atoms with E-state index in [9.17, 15) is 9.59 Å². The van der Waals surface area contributed by atoms with Gasteiger partial charge in [-0.1, -0.05) is 65.1 Å². The van der Waals surface area contributed by atoms with Gasteiger partial charge in [-0.2, -0.15) is 0 Å². The maximum atomic E-state index is 13.4. The highest BCUT2D eigenvalue weighted by molar-refractivity contribution is 6.50. The molecule has 0 radical (unpaired) electrons. The summed E-state index contributed by atoms with van der Waals surface area (Å²) in [4.78, 5) is 30.0. The maximum absolute atomic E-state index is 13.4. The Kier molecular flexibility index (Phi) is 8.55. The number of hydrogen-bond acceptors (Lipinski definition) is 2. The van der Waals surface area contributed by atoms with Crippen molar-refractivity contribution in [3.8, 4) is 11.3 Å². The number of rotatable bonds is 7. The summed E-state index contributed by atoms with van der Waals surface area (Å²) in [5, 5.41) is 7.49. The smallest absolute Gasteiger partial charge is 0.257 e. The van der Waals surface area contributed by atoms with Crippen LogP contribution in [0.1, 0.15) is 28.8 Å². The Morgan fingerprint density at radius 1 is 0.780 bits per heavy atom. The molecule has 0 spiro atoms. The van der Waals surface area contributed by atoms with Crippen LogP contribution in [0.25, 0.3) is 22.2 Å². The summed E-state index contributed by atoms with van der Waals surface area (Å²) in [6, 6.07) is 26.8. The predicted octanol–water partition coefficient (Wildman–Crippen LogP) is 9.96. The number of carbonyl (C=O) groups is 2. The number of carbonyl (C=O) groups excluding carboxylic acids is 2. The molecular weight excluding hydrogens is 624 g/mol. The van der Waals surface area contributed by atoms with Crippen molar-refractivity contribution in [1.29, 1.82) is 0 Å². The first-order valence-corrected chi connectivity index (χ1v) is 14.3. The number of fused-ring (bicyclic) bond motifs is 1. The zero-order valence-corrected chi connectivity index (χ0v) is 25.2. The fraction of sp³-hybridized carbons (Fsp3) is 0.0968. The van der Waals surface area contributed by atoms with E-state index in [0.29, 0.717) is 27.0 Å². The van der Waals surface area contributed by atoms with E-state index < -0.39 is 22.1 Å². The summed E-state index contributed by atoms with van der Waals surface area (Å²) < 4.78 is -1.50. The Balaban J connectivity index is 1.36. The molecule has 1 unspecified atom stereocenters. The summed E-state index contributed by atoms with van der Waals surface area (Å²) in [6.45, 7) is 1.50. The molecule has 0 saturated heterocycles. The average Bonchev–Trinajstić information content (AvgIpc) is 3.32. The van der Waals surface area contributed by atoms with Gasteiger partial charge in [-0.15, -0.1) is 23.2 Å². The Morgan fingerprint density at radius 2 is 1.44 bits per heavy atom. The third kappa shape index (κ3) is 6.83. The number of aromatic amines is 1. The number of hydrogen-bond donors (Lipinski definition) is 3. The zero-order chi connectivity index (χ0) is 29.3. The fourth-order valence-electron chi connectivity index (χ4n) is 4.59. The van der Waals surface area contributed by atoms with Gasteiger partial charge in [-0.05, 0) is 78.7 Å². The molecule has 5 rings (SSSR count). The van der Waals surface area contributed by atoms with Gasteiger partial charge < -0.3 is 15.6 Å². The van der Waals surface area contributed by atoms with Crippen LogP contribution in [0.5, 0.6) is 0 Å². The van der Waals surface area contributed by atoms with Crippen LogP contribution in [0.2, 0.25) is 15.1 Å². The molecule has 41 heavy (non-hydrogen) atoms. The van der Waals surface area contributed by atoms with Crippen molar-refractivity contribution in [1.82, 2.24) is 4.98 Å². The number of halogens is 5. The van der Waals surface area contributed by atoms with Gasteiger partial charge in [0.05, 0.1) is 16.5 Å². The lowest BCUT2D eigenvalue weighted by Crippen LogP contribution is -2.32. The highest BCUT2D eigenvalue weighted by atomic mass is 35.5. The highest BCUT2D eigenvalue weighted by Gasteiger charge is 2.38.